The molecule has 172 valence electrons. The van der Waals surface area contributed by atoms with Crippen LogP contribution in [-0.2, 0) is 22.6 Å². The van der Waals surface area contributed by atoms with Crippen LogP contribution < -0.4 is 5.32 Å². The van der Waals surface area contributed by atoms with Gasteiger partial charge in [0, 0.05) is 43.2 Å². The van der Waals surface area contributed by atoms with Gasteiger partial charge in [-0.15, -0.1) is 0 Å². The van der Waals surface area contributed by atoms with Gasteiger partial charge in [0.05, 0.1) is 12.4 Å². The normalized spacial score (nSPS) is 13.6. The number of carbonyl (C=O) groups is 1. The zero-order valence-electron chi connectivity index (χ0n) is 18.7. The molecule has 34 heavy (non-hydrogen) atoms. The number of benzene rings is 2. The van der Waals surface area contributed by atoms with Crippen molar-refractivity contribution in [1.29, 1.82) is 0 Å². The first-order valence-corrected chi connectivity index (χ1v) is 10.8. The van der Waals surface area contributed by atoms with Gasteiger partial charge in [-0.1, -0.05) is 24.3 Å². The number of nitrogens with zero attached hydrogens (tertiary/aromatic N) is 4. The number of hydrogen-bond donors (Lipinski definition) is 2. The predicted octanol–water partition coefficient (Wildman–Crippen LogP) is 4.29. The summed E-state index contributed by atoms with van der Waals surface area (Å²) in [5, 5.41) is 9.77. The molecule has 2 N–H and O–H groups in total. The van der Waals surface area contributed by atoms with Crippen LogP contribution in [0.25, 0.3) is 22.5 Å². The number of fused-ring (bicyclic) bond motifs is 1. The van der Waals surface area contributed by atoms with Crippen molar-refractivity contribution >= 4 is 17.4 Å². The molecule has 9 heteroatoms. The van der Waals surface area contributed by atoms with E-state index in [2.05, 4.69) is 25.5 Å². The summed E-state index contributed by atoms with van der Waals surface area (Å²) in [6.07, 6.45) is 4.22. The molecule has 1 atom stereocenters. The lowest BCUT2D eigenvalue weighted by Crippen LogP contribution is -2.34. The minimum absolute atomic E-state index is 0.0523. The first-order chi connectivity index (χ1) is 16.5. The van der Waals surface area contributed by atoms with Crippen molar-refractivity contribution in [1.82, 2.24) is 25.1 Å². The summed E-state index contributed by atoms with van der Waals surface area (Å²) < 4.78 is 19.6. The number of amides is 1. The highest BCUT2D eigenvalue weighted by Gasteiger charge is 2.27. The van der Waals surface area contributed by atoms with Crippen LogP contribution in [0.3, 0.4) is 0 Å². The second-order valence-electron chi connectivity index (χ2n) is 8.14. The molecule has 0 aliphatic carbocycles. The van der Waals surface area contributed by atoms with E-state index in [0.29, 0.717) is 24.6 Å². The minimum atomic E-state index is -0.547. The third-order valence-corrected chi connectivity index (χ3v) is 5.92. The van der Waals surface area contributed by atoms with Gasteiger partial charge in [-0.25, -0.2) is 14.4 Å². The molecular weight excluding hydrogens is 435 g/mol. The van der Waals surface area contributed by atoms with Crippen LogP contribution in [0.15, 0.2) is 61.1 Å². The highest BCUT2D eigenvalue weighted by Crippen LogP contribution is 2.29. The Bertz CT molecular complexity index is 1320. The Labute approximate surface area is 195 Å². The Kier molecular flexibility index (Phi) is 5.77. The minimum Gasteiger partial charge on any atom is -0.372 e. The van der Waals surface area contributed by atoms with E-state index in [1.807, 2.05) is 48.7 Å². The molecule has 2 aromatic carbocycles. The van der Waals surface area contributed by atoms with Crippen LogP contribution in [0, 0.1) is 5.82 Å². The molecule has 1 amide bonds. The fourth-order valence-corrected chi connectivity index (χ4v) is 3.93. The number of methoxy groups -OCH3 is 1. The van der Waals surface area contributed by atoms with Crippen molar-refractivity contribution in [3.8, 4) is 22.5 Å². The number of carbonyl (C=O) groups excluding carboxylic acids is 1. The van der Waals surface area contributed by atoms with E-state index in [-0.39, 0.29) is 11.7 Å². The van der Waals surface area contributed by atoms with Gasteiger partial charge < -0.3 is 15.0 Å². The average molecular weight is 458 g/mol. The van der Waals surface area contributed by atoms with Gasteiger partial charge in [0.1, 0.15) is 6.10 Å². The van der Waals surface area contributed by atoms with Crippen LogP contribution in [0.2, 0.25) is 0 Å². The maximum Gasteiger partial charge on any atom is 0.251 e. The molecule has 0 saturated heterocycles. The Morgan fingerprint density at radius 3 is 2.59 bits per heavy atom. The van der Waals surface area contributed by atoms with Crippen LogP contribution in [-0.4, -0.2) is 44.2 Å². The van der Waals surface area contributed by atoms with E-state index in [1.54, 1.807) is 18.0 Å². The number of anilines is 2. The highest BCUT2D eigenvalue weighted by molar-refractivity contribution is 5.81. The van der Waals surface area contributed by atoms with E-state index < -0.39 is 11.9 Å². The largest absolute Gasteiger partial charge is 0.372 e. The molecule has 8 nitrogen and oxygen atoms in total. The van der Waals surface area contributed by atoms with Gasteiger partial charge in [0.25, 0.3) is 5.91 Å². The maximum atomic E-state index is 14.5. The summed E-state index contributed by atoms with van der Waals surface area (Å²) >= 11 is 0. The summed E-state index contributed by atoms with van der Waals surface area (Å²) in [5.74, 6) is -0.110. The number of ether oxygens (including phenoxy) is 1. The molecule has 0 bridgehead atoms. The standard InChI is InChI=1S/C25H23FN6O2/c1-15(34-2)25(33)32-13-18-4-3-17(9-19(18)14-32)23-27-12-22(26)24(31-23)30-21-7-5-16(6-8-21)20-10-28-29-11-20/h3-12,15H,13-14H2,1-2H3,(H,28,29)(H,27,30,31). The van der Waals surface area contributed by atoms with Crippen molar-refractivity contribution in [2.45, 2.75) is 26.1 Å². The Hall–Kier alpha value is -4.11. The van der Waals surface area contributed by atoms with Crippen LogP contribution >= 0.6 is 0 Å². The predicted molar refractivity (Wildman–Crippen MR) is 125 cm³/mol. The summed E-state index contributed by atoms with van der Waals surface area (Å²) in [5.41, 5.74) is 5.51. The van der Waals surface area contributed by atoms with Crippen LogP contribution in [0.5, 0.6) is 0 Å². The average Bonchev–Trinajstić information content (AvgIpc) is 3.55. The van der Waals surface area contributed by atoms with Crippen molar-refractivity contribution in [2.24, 2.45) is 0 Å². The third kappa shape index (κ3) is 4.25. The molecular formula is C25H23FN6O2. The fraction of sp³-hybridized carbons (Fsp3) is 0.200. The van der Waals surface area contributed by atoms with E-state index >= 15 is 0 Å². The summed E-state index contributed by atoms with van der Waals surface area (Å²) in [4.78, 5) is 22.8. The van der Waals surface area contributed by atoms with Crippen molar-refractivity contribution in [2.75, 3.05) is 12.4 Å². The SMILES string of the molecule is COC(C)C(=O)N1Cc2ccc(-c3ncc(F)c(Nc4ccc(-c5cn[nH]c5)cc4)n3)cc2C1. The first kappa shape index (κ1) is 21.7. The number of halogens is 1. The fourth-order valence-electron chi connectivity index (χ4n) is 3.93. The van der Waals surface area contributed by atoms with E-state index in [0.717, 1.165) is 34.0 Å². The molecule has 0 saturated carbocycles. The van der Waals surface area contributed by atoms with Gasteiger partial charge in [-0.3, -0.25) is 9.89 Å². The molecule has 3 heterocycles. The lowest BCUT2D eigenvalue weighted by molar-refractivity contribution is -0.141. The van der Waals surface area contributed by atoms with Crippen LogP contribution in [0.1, 0.15) is 18.1 Å². The maximum absolute atomic E-state index is 14.5. The molecule has 5 rings (SSSR count). The Morgan fingerprint density at radius 1 is 1.09 bits per heavy atom. The monoisotopic (exact) mass is 458 g/mol. The second-order valence-corrected chi connectivity index (χ2v) is 8.14. The number of aromatic nitrogens is 4. The van der Waals surface area contributed by atoms with E-state index in [4.69, 9.17) is 4.74 Å². The third-order valence-electron chi connectivity index (χ3n) is 5.92. The summed E-state index contributed by atoms with van der Waals surface area (Å²) in [6.45, 7) is 2.77. The first-order valence-electron chi connectivity index (χ1n) is 10.8. The summed E-state index contributed by atoms with van der Waals surface area (Å²) in [7, 11) is 1.52. The van der Waals surface area contributed by atoms with E-state index in [9.17, 15) is 9.18 Å². The molecule has 0 radical (unpaired) electrons. The number of aromatic amines is 1. The highest BCUT2D eigenvalue weighted by atomic mass is 19.1. The summed E-state index contributed by atoms with van der Waals surface area (Å²) in [6, 6.07) is 13.4. The molecule has 0 spiro atoms. The van der Waals surface area contributed by atoms with Crippen molar-refractivity contribution in [3.63, 3.8) is 0 Å². The van der Waals surface area contributed by atoms with Gasteiger partial charge in [-0.2, -0.15) is 5.10 Å². The molecule has 1 unspecified atom stereocenters. The molecule has 1 aliphatic heterocycles. The Morgan fingerprint density at radius 2 is 1.85 bits per heavy atom. The number of hydrogen-bond acceptors (Lipinski definition) is 6. The van der Waals surface area contributed by atoms with Gasteiger partial charge in [0.2, 0.25) is 0 Å². The van der Waals surface area contributed by atoms with Gasteiger partial charge in [0.15, 0.2) is 17.5 Å². The number of H-pyrrole nitrogens is 1. The quantitative estimate of drug-likeness (QED) is 0.447. The smallest absolute Gasteiger partial charge is 0.251 e. The van der Waals surface area contributed by atoms with Gasteiger partial charge >= 0.3 is 0 Å². The lowest BCUT2D eigenvalue weighted by atomic mass is 10.1. The molecule has 0 fully saturated rings. The zero-order valence-corrected chi connectivity index (χ0v) is 18.7. The second kappa shape index (κ2) is 9.03. The number of rotatable bonds is 6. The van der Waals surface area contributed by atoms with Gasteiger partial charge in [-0.05, 0) is 41.8 Å². The van der Waals surface area contributed by atoms with Crippen molar-refractivity contribution < 1.29 is 13.9 Å². The lowest BCUT2D eigenvalue weighted by Gasteiger charge is -2.19. The zero-order chi connectivity index (χ0) is 23.7. The molecule has 1 aliphatic rings. The Balaban J connectivity index is 1.35. The number of nitrogens with one attached hydrogen (secondary N) is 2. The van der Waals surface area contributed by atoms with Crippen molar-refractivity contribution in [3.05, 3.63) is 78.0 Å². The topological polar surface area (TPSA) is 96.0 Å². The van der Waals surface area contributed by atoms with Crippen LogP contribution in [0.4, 0.5) is 15.9 Å². The molecule has 4 aromatic rings. The molecule has 2 aromatic heterocycles. The van der Waals surface area contributed by atoms with E-state index in [1.165, 1.54) is 7.11 Å².